The van der Waals surface area contributed by atoms with Crippen molar-refractivity contribution in [3.63, 3.8) is 0 Å². The van der Waals surface area contributed by atoms with Gasteiger partial charge in [-0.15, -0.1) is 5.10 Å². The van der Waals surface area contributed by atoms with Crippen LogP contribution in [0.5, 0.6) is 0 Å². The third-order valence-corrected chi connectivity index (χ3v) is 2.60. The van der Waals surface area contributed by atoms with Gasteiger partial charge in [-0.1, -0.05) is 5.21 Å². The number of rotatable bonds is 5. The molecule has 3 N–H and O–H groups in total. The van der Waals surface area contributed by atoms with Crippen LogP contribution in [-0.2, 0) is 13.1 Å². The minimum Gasteiger partial charge on any atom is -0.444 e. The van der Waals surface area contributed by atoms with Gasteiger partial charge in [0.2, 0.25) is 5.89 Å². The van der Waals surface area contributed by atoms with Crippen molar-refractivity contribution in [2.45, 2.75) is 26.9 Å². The molecule has 0 bridgehead atoms. The molecule has 102 valence electrons. The molecule has 2 rings (SSSR count). The maximum atomic E-state index is 11.8. The second-order valence-electron chi connectivity index (χ2n) is 4.09. The molecule has 2 aromatic heterocycles. The van der Waals surface area contributed by atoms with Crippen molar-refractivity contribution in [2.75, 3.05) is 6.54 Å². The van der Waals surface area contributed by atoms with Gasteiger partial charge in [-0.05, 0) is 13.8 Å². The molecule has 0 saturated heterocycles. The van der Waals surface area contributed by atoms with Gasteiger partial charge >= 0.3 is 0 Å². The van der Waals surface area contributed by atoms with Gasteiger partial charge in [0.15, 0.2) is 5.69 Å². The zero-order valence-electron chi connectivity index (χ0n) is 10.9. The quantitative estimate of drug-likeness (QED) is 0.771. The number of carbonyl (C=O) groups excluding carboxylic acids is 1. The monoisotopic (exact) mass is 264 g/mol. The van der Waals surface area contributed by atoms with Gasteiger partial charge in [0, 0.05) is 6.54 Å². The summed E-state index contributed by atoms with van der Waals surface area (Å²) in [7, 11) is 0. The molecule has 0 unspecified atom stereocenters. The molecule has 2 aromatic rings. The molecule has 8 heteroatoms. The lowest BCUT2D eigenvalue weighted by Gasteiger charge is -1.98. The Balaban J connectivity index is 1.93. The van der Waals surface area contributed by atoms with Gasteiger partial charge in [0.25, 0.3) is 5.91 Å². The summed E-state index contributed by atoms with van der Waals surface area (Å²) < 4.78 is 6.88. The summed E-state index contributed by atoms with van der Waals surface area (Å²) in [4.78, 5) is 16.0. The number of hydrogen-bond acceptors (Lipinski definition) is 6. The summed E-state index contributed by atoms with van der Waals surface area (Å²) in [6, 6.07) is 0. The summed E-state index contributed by atoms with van der Waals surface area (Å²) in [5.74, 6) is 0.896. The predicted molar refractivity (Wildman–Crippen MR) is 66.2 cm³/mol. The highest BCUT2D eigenvalue weighted by Gasteiger charge is 2.12. The van der Waals surface area contributed by atoms with Gasteiger partial charge in [0.1, 0.15) is 5.76 Å². The van der Waals surface area contributed by atoms with Gasteiger partial charge in [-0.25, -0.2) is 4.98 Å². The number of amides is 1. The minimum absolute atomic E-state index is 0.220. The van der Waals surface area contributed by atoms with Gasteiger partial charge in [0.05, 0.1) is 25.0 Å². The van der Waals surface area contributed by atoms with Crippen LogP contribution in [-0.4, -0.2) is 32.4 Å². The van der Waals surface area contributed by atoms with Gasteiger partial charge < -0.3 is 15.5 Å². The molecule has 0 atom stereocenters. The second kappa shape index (κ2) is 5.61. The Kier molecular flexibility index (Phi) is 3.91. The first-order chi connectivity index (χ1) is 9.10. The number of nitrogens with zero attached hydrogens (tertiary/aromatic N) is 4. The molecular formula is C11H16N6O2. The molecule has 0 aromatic carbocycles. The molecule has 0 aliphatic rings. The predicted octanol–water partition coefficient (Wildman–Crippen LogP) is -0.228. The first-order valence-corrected chi connectivity index (χ1v) is 5.91. The fraction of sp³-hybridized carbons (Fsp3) is 0.455. The summed E-state index contributed by atoms with van der Waals surface area (Å²) in [6.07, 6.45) is 1.55. The van der Waals surface area contributed by atoms with E-state index >= 15 is 0 Å². The minimum atomic E-state index is -0.322. The number of aromatic nitrogens is 4. The van der Waals surface area contributed by atoms with E-state index in [2.05, 4.69) is 20.6 Å². The van der Waals surface area contributed by atoms with Crippen molar-refractivity contribution in [1.29, 1.82) is 0 Å². The molecule has 0 aliphatic carbocycles. The topological polar surface area (TPSA) is 112 Å². The van der Waals surface area contributed by atoms with Crippen LogP contribution in [0.1, 0.15) is 27.8 Å². The third kappa shape index (κ3) is 3.16. The van der Waals surface area contributed by atoms with Crippen molar-refractivity contribution >= 4 is 5.91 Å². The molecule has 19 heavy (non-hydrogen) atoms. The lowest BCUT2D eigenvalue weighted by Crippen LogP contribution is -2.23. The number of nitrogens with two attached hydrogens (primary N) is 1. The van der Waals surface area contributed by atoms with Crippen molar-refractivity contribution in [3.05, 3.63) is 29.2 Å². The average molecular weight is 264 g/mol. The largest absolute Gasteiger partial charge is 0.444 e. The van der Waals surface area contributed by atoms with Gasteiger partial charge in [-0.2, -0.15) is 0 Å². The molecule has 0 radical (unpaired) electrons. The number of hydrogen-bond donors (Lipinski definition) is 2. The van der Waals surface area contributed by atoms with E-state index in [-0.39, 0.29) is 18.1 Å². The van der Waals surface area contributed by atoms with E-state index < -0.39 is 0 Å². The summed E-state index contributed by atoms with van der Waals surface area (Å²) in [5.41, 5.74) is 6.45. The Bertz CT molecular complexity index is 554. The van der Waals surface area contributed by atoms with E-state index in [0.29, 0.717) is 19.0 Å². The molecule has 2 heterocycles. The van der Waals surface area contributed by atoms with Crippen LogP contribution in [0, 0.1) is 13.8 Å². The second-order valence-corrected chi connectivity index (χ2v) is 4.09. The Morgan fingerprint density at radius 3 is 2.95 bits per heavy atom. The fourth-order valence-electron chi connectivity index (χ4n) is 1.51. The highest BCUT2D eigenvalue weighted by Crippen LogP contribution is 2.07. The van der Waals surface area contributed by atoms with E-state index in [1.165, 1.54) is 4.68 Å². The molecular weight excluding hydrogens is 248 g/mol. The highest BCUT2D eigenvalue weighted by atomic mass is 16.4. The molecule has 0 aliphatic heterocycles. The number of oxazole rings is 1. The lowest BCUT2D eigenvalue weighted by atomic mass is 10.4. The molecule has 8 nitrogen and oxygen atoms in total. The maximum Gasteiger partial charge on any atom is 0.273 e. The first-order valence-electron chi connectivity index (χ1n) is 5.91. The Labute approximate surface area is 110 Å². The zero-order chi connectivity index (χ0) is 13.8. The summed E-state index contributed by atoms with van der Waals surface area (Å²) in [6.45, 7) is 4.86. The Morgan fingerprint density at radius 2 is 2.32 bits per heavy atom. The van der Waals surface area contributed by atoms with E-state index in [1.54, 1.807) is 6.20 Å². The van der Waals surface area contributed by atoms with Crippen LogP contribution in [0.25, 0.3) is 0 Å². The zero-order valence-corrected chi connectivity index (χ0v) is 10.9. The van der Waals surface area contributed by atoms with Crippen LogP contribution in [0.4, 0.5) is 0 Å². The summed E-state index contributed by atoms with van der Waals surface area (Å²) in [5, 5.41) is 10.2. The number of nitrogens with one attached hydrogen (secondary N) is 1. The number of carbonyl (C=O) groups is 1. The van der Waals surface area contributed by atoms with Crippen LogP contribution < -0.4 is 11.1 Å². The van der Waals surface area contributed by atoms with Crippen molar-refractivity contribution in [2.24, 2.45) is 5.73 Å². The Morgan fingerprint density at radius 1 is 1.53 bits per heavy atom. The van der Waals surface area contributed by atoms with Crippen LogP contribution in [0.2, 0.25) is 0 Å². The SMILES string of the molecule is Cc1nc(CNC(=O)c2cn(CCN)nn2)oc1C. The van der Waals surface area contributed by atoms with Crippen LogP contribution in [0.15, 0.2) is 10.6 Å². The van der Waals surface area contributed by atoms with Crippen molar-refractivity contribution < 1.29 is 9.21 Å². The van der Waals surface area contributed by atoms with E-state index in [1.807, 2.05) is 13.8 Å². The van der Waals surface area contributed by atoms with Crippen molar-refractivity contribution in [1.82, 2.24) is 25.3 Å². The summed E-state index contributed by atoms with van der Waals surface area (Å²) >= 11 is 0. The average Bonchev–Trinajstić information content (AvgIpc) is 2.95. The number of aryl methyl sites for hydroxylation is 2. The van der Waals surface area contributed by atoms with E-state index in [9.17, 15) is 4.79 Å². The fourth-order valence-corrected chi connectivity index (χ4v) is 1.51. The molecule has 1 amide bonds. The van der Waals surface area contributed by atoms with E-state index in [0.717, 1.165) is 11.5 Å². The molecule has 0 fully saturated rings. The van der Waals surface area contributed by atoms with Gasteiger partial charge in [-0.3, -0.25) is 9.48 Å². The first kappa shape index (κ1) is 13.2. The smallest absolute Gasteiger partial charge is 0.273 e. The highest BCUT2D eigenvalue weighted by molar-refractivity contribution is 5.91. The maximum absolute atomic E-state index is 11.8. The Hall–Kier alpha value is -2.22. The normalized spacial score (nSPS) is 10.7. The molecule has 0 spiro atoms. The standard InChI is InChI=1S/C11H16N6O2/c1-7-8(2)19-10(14-7)5-13-11(18)9-6-17(4-3-12)16-15-9/h6H,3-5,12H2,1-2H3,(H,13,18). The van der Waals surface area contributed by atoms with Crippen molar-refractivity contribution in [3.8, 4) is 0 Å². The lowest BCUT2D eigenvalue weighted by molar-refractivity contribution is 0.0942. The van der Waals surface area contributed by atoms with Crippen LogP contribution >= 0.6 is 0 Å². The van der Waals surface area contributed by atoms with Crippen LogP contribution in [0.3, 0.4) is 0 Å². The third-order valence-electron chi connectivity index (χ3n) is 2.60. The molecule has 0 saturated carbocycles. The van der Waals surface area contributed by atoms with E-state index in [4.69, 9.17) is 10.2 Å².